The highest BCUT2D eigenvalue weighted by Gasteiger charge is 2.58. The Bertz CT molecular complexity index is 740. The van der Waals surface area contributed by atoms with Crippen molar-refractivity contribution >= 4 is 34.6 Å². The van der Waals surface area contributed by atoms with Gasteiger partial charge in [-0.2, -0.15) is 0 Å². The van der Waals surface area contributed by atoms with Gasteiger partial charge in [-0.25, -0.2) is 4.39 Å². The molecule has 5 nitrogen and oxygen atoms in total. The molecule has 0 unspecified atom stereocenters. The van der Waals surface area contributed by atoms with Crippen molar-refractivity contribution in [3.8, 4) is 18.1 Å². The summed E-state index contributed by atoms with van der Waals surface area (Å²) in [7, 11) is 0. The van der Waals surface area contributed by atoms with E-state index in [1.54, 1.807) is 0 Å². The van der Waals surface area contributed by atoms with Gasteiger partial charge in [0.25, 0.3) is 5.91 Å². The first kappa shape index (κ1) is 16.5. The molecule has 0 saturated heterocycles. The van der Waals surface area contributed by atoms with Crippen LogP contribution >= 0.6 is 12.2 Å². The number of halogens is 1. The maximum absolute atomic E-state index is 14.4. The summed E-state index contributed by atoms with van der Waals surface area (Å²) in [5.74, 6) is 2.14. The summed E-state index contributed by atoms with van der Waals surface area (Å²) in [5, 5.41) is 6.10. The van der Waals surface area contributed by atoms with E-state index in [4.69, 9.17) is 23.4 Å². The van der Waals surface area contributed by atoms with Gasteiger partial charge in [0.05, 0.1) is 17.9 Å². The van der Waals surface area contributed by atoms with Crippen LogP contribution < -0.4 is 20.3 Å². The fourth-order valence-corrected chi connectivity index (χ4v) is 2.84. The lowest BCUT2D eigenvalue weighted by molar-refractivity contribution is -0.128. The standard InChI is InChI=1S/C17H18FN3O2S/c1-3-7-19-16(24)20-12-10-13-14(9-11(12)18)23-17(5-6-17)15(22)21(13)8-4-2/h2,9-10H,3,5-8H2,1H3,(H2,19,20,24). The van der Waals surface area contributed by atoms with Gasteiger partial charge >= 0.3 is 0 Å². The van der Waals surface area contributed by atoms with Crippen molar-refractivity contribution in [1.82, 2.24) is 5.32 Å². The lowest BCUT2D eigenvalue weighted by atomic mass is 10.1. The molecule has 24 heavy (non-hydrogen) atoms. The van der Waals surface area contributed by atoms with E-state index in [1.807, 2.05) is 6.92 Å². The third-order valence-corrected chi connectivity index (χ3v) is 4.26. The third-order valence-electron chi connectivity index (χ3n) is 4.02. The molecule has 3 rings (SSSR count). The Kier molecular flexibility index (Phi) is 4.33. The number of thiocarbonyl (C=S) groups is 1. The molecular formula is C17H18FN3O2S. The van der Waals surface area contributed by atoms with E-state index in [0.717, 1.165) is 6.42 Å². The number of carbonyl (C=O) groups is 1. The topological polar surface area (TPSA) is 53.6 Å². The minimum absolute atomic E-state index is 0.112. The van der Waals surface area contributed by atoms with Gasteiger partial charge in [-0.05, 0) is 24.7 Å². The molecule has 7 heteroatoms. The first-order chi connectivity index (χ1) is 11.5. The molecule has 1 aliphatic heterocycles. The van der Waals surface area contributed by atoms with Crippen LogP contribution in [0.3, 0.4) is 0 Å². The fourth-order valence-electron chi connectivity index (χ4n) is 2.62. The average molecular weight is 347 g/mol. The van der Waals surface area contributed by atoms with Crippen LogP contribution in [0.4, 0.5) is 15.8 Å². The SMILES string of the molecule is C#CCN1C(=O)C2(CC2)Oc2cc(F)c(NC(=S)NCCC)cc21. The van der Waals surface area contributed by atoms with E-state index in [-0.39, 0.29) is 18.1 Å². The number of carbonyl (C=O) groups excluding carboxylic acids is 1. The molecule has 2 aliphatic rings. The molecule has 1 aromatic rings. The Morgan fingerprint density at radius 2 is 2.29 bits per heavy atom. The van der Waals surface area contributed by atoms with E-state index >= 15 is 0 Å². The zero-order valence-corrected chi connectivity index (χ0v) is 14.1. The molecular weight excluding hydrogens is 329 g/mol. The number of benzene rings is 1. The summed E-state index contributed by atoms with van der Waals surface area (Å²) >= 11 is 5.13. The van der Waals surface area contributed by atoms with Gasteiger partial charge in [0.1, 0.15) is 5.75 Å². The molecule has 1 heterocycles. The monoisotopic (exact) mass is 347 g/mol. The molecule has 1 saturated carbocycles. The number of hydrogen-bond donors (Lipinski definition) is 2. The molecule has 0 radical (unpaired) electrons. The highest BCUT2D eigenvalue weighted by atomic mass is 32.1. The van der Waals surface area contributed by atoms with Crippen LogP contribution in [0, 0.1) is 18.2 Å². The second-order valence-electron chi connectivity index (χ2n) is 5.87. The van der Waals surface area contributed by atoms with Gasteiger partial charge in [0.15, 0.2) is 16.5 Å². The quantitative estimate of drug-likeness (QED) is 0.647. The number of nitrogens with zero attached hydrogens (tertiary/aromatic N) is 1. The zero-order chi connectivity index (χ0) is 17.3. The van der Waals surface area contributed by atoms with Crippen molar-refractivity contribution in [3.63, 3.8) is 0 Å². The van der Waals surface area contributed by atoms with Gasteiger partial charge in [0, 0.05) is 25.5 Å². The van der Waals surface area contributed by atoms with Crippen LogP contribution in [0.2, 0.25) is 0 Å². The van der Waals surface area contributed by atoms with Gasteiger partial charge in [0.2, 0.25) is 0 Å². The number of hydrogen-bond acceptors (Lipinski definition) is 3. The Labute approximate surface area is 145 Å². The Balaban J connectivity index is 1.92. The van der Waals surface area contributed by atoms with Crippen molar-refractivity contribution < 1.29 is 13.9 Å². The number of ether oxygens (including phenoxy) is 1. The minimum Gasteiger partial charge on any atom is -0.475 e. The summed E-state index contributed by atoms with van der Waals surface area (Å²) in [6, 6.07) is 2.78. The number of rotatable bonds is 4. The van der Waals surface area contributed by atoms with E-state index in [0.29, 0.717) is 35.9 Å². The smallest absolute Gasteiger partial charge is 0.272 e. The van der Waals surface area contributed by atoms with Crippen molar-refractivity contribution in [2.45, 2.75) is 31.8 Å². The predicted molar refractivity (Wildman–Crippen MR) is 94.7 cm³/mol. The Morgan fingerprint density at radius 1 is 1.54 bits per heavy atom. The molecule has 126 valence electrons. The number of nitrogens with one attached hydrogen (secondary N) is 2. The van der Waals surface area contributed by atoms with Crippen molar-refractivity contribution in [2.75, 3.05) is 23.3 Å². The Morgan fingerprint density at radius 3 is 2.92 bits per heavy atom. The van der Waals surface area contributed by atoms with E-state index < -0.39 is 11.4 Å². The normalized spacial score (nSPS) is 16.9. The fraction of sp³-hybridized carbons (Fsp3) is 0.412. The molecule has 0 bridgehead atoms. The van der Waals surface area contributed by atoms with Crippen LogP contribution in [0.25, 0.3) is 0 Å². The van der Waals surface area contributed by atoms with Crippen molar-refractivity contribution in [3.05, 3.63) is 17.9 Å². The molecule has 1 aromatic carbocycles. The molecule has 1 amide bonds. The highest BCUT2D eigenvalue weighted by molar-refractivity contribution is 7.80. The molecule has 2 N–H and O–H groups in total. The molecule has 0 aromatic heterocycles. The second kappa shape index (κ2) is 6.29. The van der Waals surface area contributed by atoms with Gasteiger partial charge in [-0.3, -0.25) is 9.69 Å². The maximum Gasteiger partial charge on any atom is 0.272 e. The van der Waals surface area contributed by atoms with Gasteiger partial charge in [-0.15, -0.1) is 6.42 Å². The summed E-state index contributed by atoms with van der Waals surface area (Å²) < 4.78 is 20.1. The lowest BCUT2D eigenvalue weighted by Gasteiger charge is -2.34. The third kappa shape index (κ3) is 2.89. The highest BCUT2D eigenvalue weighted by Crippen LogP contribution is 2.50. The lowest BCUT2D eigenvalue weighted by Crippen LogP contribution is -2.48. The number of anilines is 2. The van der Waals surface area contributed by atoms with E-state index in [1.165, 1.54) is 17.0 Å². The van der Waals surface area contributed by atoms with Crippen LogP contribution in [0.1, 0.15) is 26.2 Å². The largest absolute Gasteiger partial charge is 0.475 e. The van der Waals surface area contributed by atoms with Crippen molar-refractivity contribution in [2.24, 2.45) is 0 Å². The first-order valence-corrected chi connectivity index (χ1v) is 8.24. The second-order valence-corrected chi connectivity index (χ2v) is 6.28. The molecule has 0 atom stereocenters. The van der Waals surface area contributed by atoms with Gasteiger partial charge in [-0.1, -0.05) is 12.8 Å². The summed E-state index contributed by atoms with van der Waals surface area (Å²) in [6.45, 7) is 2.80. The first-order valence-electron chi connectivity index (χ1n) is 7.83. The Hall–Kier alpha value is -2.33. The number of terminal acetylenes is 1. The zero-order valence-electron chi connectivity index (χ0n) is 13.3. The summed E-state index contributed by atoms with van der Waals surface area (Å²) in [6.07, 6.45) is 7.53. The van der Waals surface area contributed by atoms with Crippen LogP contribution in [0.5, 0.6) is 5.75 Å². The van der Waals surface area contributed by atoms with Crippen molar-refractivity contribution in [1.29, 1.82) is 0 Å². The number of amides is 1. The predicted octanol–water partition coefficient (Wildman–Crippen LogP) is 2.41. The minimum atomic E-state index is -0.858. The van der Waals surface area contributed by atoms with Crippen LogP contribution in [-0.4, -0.2) is 29.7 Å². The maximum atomic E-state index is 14.4. The summed E-state index contributed by atoms with van der Waals surface area (Å²) in [5.41, 5.74) is -0.228. The van der Waals surface area contributed by atoms with E-state index in [9.17, 15) is 9.18 Å². The van der Waals surface area contributed by atoms with Gasteiger partial charge < -0.3 is 15.4 Å². The molecule has 1 aliphatic carbocycles. The van der Waals surface area contributed by atoms with Crippen LogP contribution in [0.15, 0.2) is 12.1 Å². The number of fused-ring (bicyclic) bond motifs is 1. The molecule has 1 spiro atoms. The summed E-state index contributed by atoms with van der Waals surface area (Å²) in [4.78, 5) is 14.0. The average Bonchev–Trinajstić information content (AvgIpc) is 3.32. The molecule has 1 fully saturated rings. The van der Waals surface area contributed by atoms with Crippen LogP contribution in [-0.2, 0) is 4.79 Å². The van der Waals surface area contributed by atoms with E-state index in [2.05, 4.69) is 16.6 Å².